The zero-order chi connectivity index (χ0) is 17.8. The second-order valence-corrected chi connectivity index (χ2v) is 6.63. The highest BCUT2D eigenvalue weighted by Gasteiger charge is 2.22. The van der Waals surface area contributed by atoms with Crippen LogP contribution in [0.5, 0.6) is 0 Å². The topological polar surface area (TPSA) is 35.6 Å². The number of halogens is 1. The molecule has 0 radical (unpaired) electrons. The molecule has 0 unspecified atom stereocenters. The fourth-order valence-corrected chi connectivity index (χ4v) is 3.01. The Balaban J connectivity index is 1.55. The van der Waals surface area contributed by atoms with E-state index in [4.69, 9.17) is 0 Å². The van der Waals surface area contributed by atoms with Gasteiger partial charge in [-0.15, -0.1) is 0 Å². The number of para-hydroxylation sites is 1. The van der Waals surface area contributed by atoms with E-state index in [1.165, 1.54) is 11.6 Å². The average Bonchev–Trinajstić information content (AvgIpc) is 2.63. The summed E-state index contributed by atoms with van der Waals surface area (Å²) in [7, 11) is 0. The molecular weight excluding hydrogens is 317 g/mol. The van der Waals surface area contributed by atoms with Crippen molar-refractivity contribution >= 4 is 17.4 Å². The maximum absolute atomic E-state index is 13.9. The molecule has 3 rings (SSSR count). The normalized spacial score (nSPS) is 14.7. The smallest absolute Gasteiger partial charge is 0.321 e. The van der Waals surface area contributed by atoms with Crippen LogP contribution < -0.4 is 10.2 Å². The molecule has 2 aromatic rings. The largest absolute Gasteiger partial charge is 0.366 e. The van der Waals surface area contributed by atoms with Gasteiger partial charge in [-0.1, -0.05) is 38.1 Å². The van der Waals surface area contributed by atoms with Crippen LogP contribution in [-0.4, -0.2) is 37.1 Å². The van der Waals surface area contributed by atoms with Crippen LogP contribution in [0, 0.1) is 5.82 Å². The van der Waals surface area contributed by atoms with Crippen LogP contribution in [0.4, 0.5) is 20.6 Å². The molecule has 0 aliphatic carbocycles. The summed E-state index contributed by atoms with van der Waals surface area (Å²) in [6, 6.07) is 14.6. The van der Waals surface area contributed by atoms with E-state index in [2.05, 4.69) is 19.2 Å². The number of carbonyl (C=O) groups excluding carboxylic acids is 1. The van der Waals surface area contributed by atoms with E-state index in [1.54, 1.807) is 17.0 Å². The van der Waals surface area contributed by atoms with Crippen LogP contribution in [0.2, 0.25) is 0 Å². The van der Waals surface area contributed by atoms with E-state index in [9.17, 15) is 9.18 Å². The standard InChI is InChI=1S/C20H24FN3O/c1-15(2)16-7-9-17(10-8-16)22-20(25)24-13-11-23(12-14-24)19-6-4-3-5-18(19)21/h3-10,15H,11-14H2,1-2H3,(H,22,25). The van der Waals surface area contributed by atoms with Crippen molar-refractivity contribution in [2.45, 2.75) is 19.8 Å². The van der Waals surface area contributed by atoms with E-state index >= 15 is 0 Å². The number of urea groups is 1. The SMILES string of the molecule is CC(C)c1ccc(NC(=O)N2CCN(c3ccccc3F)CC2)cc1. The first-order chi connectivity index (χ1) is 12.0. The Morgan fingerprint density at radius 2 is 1.64 bits per heavy atom. The first-order valence-corrected chi connectivity index (χ1v) is 8.70. The molecular formula is C20H24FN3O. The number of carbonyl (C=O) groups is 1. The number of anilines is 2. The van der Waals surface area contributed by atoms with Crippen LogP contribution in [0.15, 0.2) is 48.5 Å². The lowest BCUT2D eigenvalue weighted by molar-refractivity contribution is 0.208. The Morgan fingerprint density at radius 1 is 1.00 bits per heavy atom. The van der Waals surface area contributed by atoms with Crippen LogP contribution in [0.1, 0.15) is 25.3 Å². The number of piperazine rings is 1. The van der Waals surface area contributed by atoms with E-state index in [1.807, 2.05) is 35.2 Å². The molecule has 1 N–H and O–H groups in total. The summed E-state index contributed by atoms with van der Waals surface area (Å²) in [5, 5.41) is 2.94. The van der Waals surface area contributed by atoms with Crippen molar-refractivity contribution in [2.75, 3.05) is 36.4 Å². The van der Waals surface area contributed by atoms with Crippen molar-refractivity contribution in [3.05, 3.63) is 59.9 Å². The molecule has 0 bridgehead atoms. The third-order valence-electron chi connectivity index (χ3n) is 4.59. The van der Waals surface area contributed by atoms with Gasteiger partial charge < -0.3 is 15.1 Å². The van der Waals surface area contributed by atoms with Gasteiger partial charge in [0.05, 0.1) is 5.69 Å². The lowest BCUT2D eigenvalue weighted by Crippen LogP contribution is -2.50. The van der Waals surface area contributed by atoms with Gasteiger partial charge in [-0.05, 0) is 35.7 Å². The third-order valence-corrected chi connectivity index (χ3v) is 4.59. The highest BCUT2D eigenvalue weighted by molar-refractivity contribution is 5.89. The van der Waals surface area contributed by atoms with Crippen LogP contribution in [0.3, 0.4) is 0 Å². The van der Waals surface area contributed by atoms with Gasteiger partial charge in [-0.3, -0.25) is 0 Å². The molecule has 1 fully saturated rings. The lowest BCUT2D eigenvalue weighted by Gasteiger charge is -2.36. The van der Waals surface area contributed by atoms with Crippen molar-refractivity contribution < 1.29 is 9.18 Å². The zero-order valence-corrected chi connectivity index (χ0v) is 14.7. The molecule has 2 aromatic carbocycles. The predicted octanol–water partition coefficient (Wildman–Crippen LogP) is 4.30. The molecule has 2 amide bonds. The molecule has 1 aliphatic rings. The Bertz CT molecular complexity index is 722. The first-order valence-electron chi connectivity index (χ1n) is 8.70. The second-order valence-electron chi connectivity index (χ2n) is 6.63. The van der Waals surface area contributed by atoms with E-state index in [0.29, 0.717) is 37.8 Å². The molecule has 0 spiro atoms. The summed E-state index contributed by atoms with van der Waals surface area (Å²) in [6.45, 7) is 6.68. The highest BCUT2D eigenvalue weighted by Crippen LogP contribution is 2.21. The monoisotopic (exact) mass is 341 g/mol. The summed E-state index contributed by atoms with van der Waals surface area (Å²) in [6.07, 6.45) is 0. The van der Waals surface area contributed by atoms with E-state index in [-0.39, 0.29) is 11.8 Å². The molecule has 132 valence electrons. The molecule has 25 heavy (non-hydrogen) atoms. The minimum absolute atomic E-state index is 0.106. The molecule has 1 saturated heterocycles. The van der Waals surface area contributed by atoms with Crippen molar-refractivity contribution in [2.24, 2.45) is 0 Å². The Morgan fingerprint density at radius 3 is 2.24 bits per heavy atom. The van der Waals surface area contributed by atoms with Gasteiger partial charge in [-0.2, -0.15) is 0 Å². The van der Waals surface area contributed by atoms with Gasteiger partial charge in [0.2, 0.25) is 0 Å². The van der Waals surface area contributed by atoms with Crippen molar-refractivity contribution in [3.63, 3.8) is 0 Å². The summed E-state index contributed by atoms with van der Waals surface area (Å²) in [5.41, 5.74) is 2.65. The van der Waals surface area contributed by atoms with E-state index < -0.39 is 0 Å². The minimum Gasteiger partial charge on any atom is -0.366 e. The summed E-state index contributed by atoms with van der Waals surface area (Å²) >= 11 is 0. The van der Waals surface area contributed by atoms with Crippen molar-refractivity contribution in [1.82, 2.24) is 4.90 Å². The number of nitrogens with one attached hydrogen (secondary N) is 1. The van der Waals surface area contributed by atoms with Gasteiger partial charge in [-0.25, -0.2) is 9.18 Å². The number of rotatable bonds is 3. The maximum Gasteiger partial charge on any atom is 0.321 e. The maximum atomic E-state index is 13.9. The van der Waals surface area contributed by atoms with Crippen molar-refractivity contribution in [3.8, 4) is 0 Å². The Labute approximate surface area is 148 Å². The predicted molar refractivity (Wildman–Crippen MR) is 99.7 cm³/mol. The minimum atomic E-state index is -0.217. The summed E-state index contributed by atoms with van der Waals surface area (Å²) in [5.74, 6) is 0.252. The second kappa shape index (κ2) is 7.55. The highest BCUT2D eigenvalue weighted by atomic mass is 19.1. The summed E-state index contributed by atoms with van der Waals surface area (Å²) < 4.78 is 13.9. The quantitative estimate of drug-likeness (QED) is 0.903. The lowest BCUT2D eigenvalue weighted by atomic mass is 10.0. The number of hydrogen-bond donors (Lipinski definition) is 1. The van der Waals surface area contributed by atoms with Crippen LogP contribution in [0.25, 0.3) is 0 Å². The fraction of sp³-hybridized carbons (Fsp3) is 0.350. The van der Waals surface area contributed by atoms with Crippen LogP contribution in [-0.2, 0) is 0 Å². The average molecular weight is 341 g/mol. The van der Waals surface area contributed by atoms with Gasteiger partial charge in [0.15, 0.2) is 0 Å². The molecule has 0 aromatic heterocycles. The molecule has 0 saturated carbocycles. The molecule has 5 heteroatoms. The number of benzene rings is 2. The molecule has 0 atom stereocenters. The zero-order valence-electron chi connectivity index (χ0n) is 14.7. The summed E-state index contributed by atoms with van der Waals surface area (Å²) in [4.78, 5) is 16.2. The first kappa shape index (κ1) is 17.3. The van der Waals surface area contributed by atoms with Gasteiger partial charge in [0.25, 0.3) is 0 Å². The molecule has 1 aliphatic heterocycles. The molecule has 1 heterocycles. The van der Waals surface area contributed by atoms with Crippen molar-refractivity contribution in [1.29, 1.82) is 0 Å². The van der Waals surface area contributed by atoms with Gasteiger partial charge in [0, 0.05) is 31.9 Å². The fourth-order valence-electron chi connectivity index (χ4n) is 3.01. The third kappa shape index (κ3) is 4.10. The Hall–Kier alpha value is -2.56. The van der Waals surface area contributed by atoms with Gasteiger partial charge in [0.1, 0.15) is 5.82 Å². The van der Waals surface area contributed by atoms with Gasteiger partial charge >= 0.3 is 6.03 Å². The number of nitrogens with zero attached hydrogens (tertiary/aromatic N) is 2. The number of hydrogen-bond acceptors (Lipinski definition) is 2. The number of amides is 2. The van der Waals surface area contributed by atoms with E-state index in [0.717, 1.165) is 5.69 Å². The molecule has 4 nitrogen and oxygen atoms in total. The Kier molecular flexibility index (Phi) is 5.22. The van der Waals surface area contributed by atoms with Crippen LogP contribution >= 0.6 is 0 Å².